The maximum atomic E-state index is 12.3. The second kappa shape index (κ2) is 5.85. The third kappa shape index (κ3) is 3.01. The molecule has 1 aliphatic heterocycles. The Morgan fingerprint density at radius 2 is 2.00 bits per heavy atom. The lowest BCUT2D eigenvalue weighted by molar-refractivity contribution is -0.131. The van der Waals surface area contributed by atoms with E-state index < -0.39 is 0 Å². The van der Waals surface area contributed by atoms with Crippen molar-refractivity contribution in [1.82, 2.24) is 10.2 Å². The molecule has 1 saturated heterocycles. The minimum absolute atomic E-state index is 0.106. The number of amides is 1. The van der Waals surface area contributed by atoms with Gasteiger partial charge in [-0.25, -0.2) is 0 Å². The molecule has 1 N–H and O–H groups in total. The Hall–Kier alpha value is -0.570. The van der Waals surface area contributed by atoms with Gasteiger partial charge in [0.05, 0.1) is 12.7 Å². The van der Waals surface area contributed by atoms with Crippen molar-refractivity contribution in [2.24, 2.45) is 5.92 Å². The van der Waals surface area contributed by atoms with Crippen LogP contribution in [0.3, 0.4) is 0 Å². The van der Waals surface area contributed by atoms with Gasteiger partial charge in [-0.1, -0.05) is 26.7 Å². The van der Waals surface area contributed by atoms with Gasteiger partial charge in [0, 0.05) is 6.04 Å². The zero-order chi connectivity index (χ0) is 12.3. The van der Waals surface area contributed by atoms with E-state index in [0.29, 0.717) is 11.9 Å². The number of carbonyl (C=O) groups is 1. The molecule has 0 aromatic rings. The van der Waals surface area contributed by atoms with Crippen molar-refractivity contribution in [2.45, 2.75) is 70.9 Å². The first-order chi connectivity index (χ1) is 8.22. The molecule has 1 atom stereocenters. The Kier molecular flexibility index (Phi) is 4.43. The fraction of sp³-hybridized carbons (Fsp3) is 0.929. The molecule has 0 aromatic heterocycles. The first kappa shape index (κ1) is 12.9. The molecule has 2 fully saturated rings. The molecule has 17 heavy (non-hydrogen) atoms. The second-order valence-electron chi connectivity index (χ2n) is 5.78. The highest BCUT2D eigenvalue weighted by atomic mass is 16.2. The minimum Gasteiger partial charge on any atom is -0.326 e. The van der Waals surface area contributed by atoms with Gasteiger partial charge in [-0.15, -0.1) is 0 Å². The maximum absolute atomic E-state index is 12.3. The molecular weight excluding hydrogens is 212 g/mol. The van der Waals surface area contributed by atoms with Crippen LogP contribution in [-0.2, 0) is 4.79 Å². The predicted octanol–water partition coefficient (Wildman–Crippen LogP) is 2.51. The van der Waals surface area contributed by atoms with Gasteiger partial charge in [0.1, 0.15) is 0 Å². The molecule has 1 amide bonds. The van der Waals surface area contributed by atoms with Crippen molar-refractivity contribution in [1.29, 1.82) is 0 Å². The molecule has 3 nitrogen and oxygen atoms in total. The first-order valence-electron chi connectivity index (χ1n) is 7.26. The fourth-order valence-corrected chi connectivity index (χ4v) is 3.07. The molecule has 2 aliphatic rings. The monoisotopic (exact) mass is 238 g/mol. The van der Waals surface area contributed by atoms with Crippen molar-refractivity contribution in [3.05, 3.63) is 0 Å². The van der Waals surface area contributed by atoms with E-state index in [1.165, 1.54) is 32.1 Å². The van der Waals surface area contributed by atoms with E-state index in [1.54, 1.807) is 0 Å². The van der Waals surface area contributed by atoms with Crippen LogP contribution in [0.1, 0.15) is 58.8 Å². The molecule has 3 heteroatoms. The van der Waals surface area contributed by atoms with Gasteiger partial charge < -0.3 is 4.90 Å². The summed E-state index contributed by atoms with van der Waals surface area (Å²) in [6, 6.07) is 0.618. The summed E-state index contributed by atoms with van der Waals surface area (Å²) in [4.78, 5) is 14.4. The Balaban J connectivity index is 1.84. The number of hydrogen-bond donors (Lipinski definition) is 1. The normalized spacial score (nSPS) is 34.4. The van der Waals surface area contributed by atoms with Crippen LogP contribution in [0, 0.1) is 5.92 Å². The second-order valence-corrected chi connectivity index (χ2v) is 5.78. The van der Waals surface area contributed by atoms with Crippen molar-refractivity contribution in [3.8, 4) is 0 Å². The number of carbonyl (C=O) groups excluding carboxylic acids is 1. The van der Waals surface area contributed by atoms with Crippen LogP contribution in [0.25, 0.3) is 0 Å². The Bertz CT molecular complexity index is 259. The van der Waals surface area contributed by atoms with Crippen LogP contribution >= 0.6 is 0 Å². The van der Waals surface area contributed by atoms with Gasteiger partial charge in [-0.3, -0.25) is 10.1 Å². The fourth-order valence-electron chi connectivity index (χ4n) is 3.07. The maximum Gasteiger partial charge on any atom is 0.241 e. The van der Waals surface area contributed by atoms with Crippen molar-refractivity contribution in [2.75, 3.05) is 6.67 Å². The largest absolute Gasteiger partial charge is 0.326 e. The van der Waals surface area contributed by atoms with Crippen LogP contribution in [0.4, 0.5) is 0 Å². The highest BCUT2D eigenvalue weighted by Crippen LogP contribution is 2.28. The summed E-state index contributed by atoms with van der Waals surface area (Å²) >= 11 is 0. The number of unbranched alkanes of at least 4 members (excludes halogenated alkanes) is 1. The van der Waals surface area contributed by atoms with Gasteiger partial charge >= 0.3 is 0 Å². The third-order valence-electron chi connectivity index (χ3n) is 4.36. The molecule has 0 bridgehead atoms. The van der Waals surface area contributed by atoms with E-state index in [4.69, 9.17) is 0 Å². The Morgan fingerprint density at radius 3 is 2.65 bits per heavy atom. The van der Waals surface area contributed by atoms with E-state index >= 15 is 0 Å². The Morgan fingerprint density at radius 1 is 1.29 bits per heavy atom. The van der Waals surface area contributed by atoms with E-state index in [-0.39, 0.29) is 6.04 Å². The highest BCUT2D eigenvalue weighted by Gasteiger charge is 2.35. The lowest BCUT2D eigenvalue weighted by Gasteiger charge is -2.33. The molecule has 1 aliphatic carbocycles. The van der Waals surface area contributed by atoms with Gasteiger partial charge in [-0.2, -0.15) is 0 Å². The van der Waals surface area contributed by atoms with Crippen molar-refractivity contribution in [3.63, 3.8) is 0 Å². The summed E-state index contributed by atoms with van der Waals surface area (Å²) in [5.74, 6) is 1.21. The topological polar surface area (TPSA) is 32.3 Å². The van der Waals surface area contributed by atoms with Crippen LogP contribution in [0.5, 0.6) is 0 Å². The van der Waals surface area contributed by atoms with E-state index in [0.717, 1.165) is 25.4 Å². The van der Waals surface area contributed by atoms with Crippen LogP contribution in [0.15, 0.2) is 0 Å². The molecule has 1 unspecified atom stereocenters. The van der Waals surface area contributed by atoms with E-state index in [2.05, 4.69) is 24.1 Å². The number of nitrogens with zero attached hydrogens (tertiary/aromatic N) is 1. The number of hydrogen-bond acceptors (Lipinski definition) is 2. The van der Waals surface area contributed by atoms with E-state index in [9.17, 15) is 4.79 Å². The lowest BCUT2D eigenvalue weighted by Crippen LogP contribution is -2.40. The van der Waals surface area contributed by atoms with Gasteiger partial charge in [0.15, 0.2) is 0 Å². The minimum atomic E-state index is 0.106. The zero-order valence-corrected chi connectivity index (χ0v) is 11.2. The molecule has 1 saturated carbocycles. The highest BCUT2D eigenvalue weighted by molar-refractivity contribution is 5.84. The summed E-state index contributed by atoms with van der Waals surface area (Å²) in [6.07, 6.45) is 8.31. The molecule has 98 valence electrons. The molecule has 0 aromatic carbocycles. The molecule has 0 radical (unpaired) electrons. The third-order valence-corrected chi connectivity index (χ3v) is 4.36. The average molecular weight is 238 g/mol. The number of rotatable bonds is 4. The summed E-state index contributed by atoms with van der Waals surface area (Å²) < 4.78 is 0. The van der Waals surface area contributed by atoms with E-state index in [1.807, 2.05) is 0 Å². The van der Waals surface area contributed by atoms with Gasteiger partial charge in [0.25, 0.3) is 0 Å². The van der Waals surface area contributed by atoms with Crippen molar-refractivity contribution < 1.29 is 4.79 Å². The predicted molar refractivity (Wildman–Crippen MR) is 69.6 cm³/mol. The summed E-state index contributed by atoms with van der Waals surface area (Å²) in [5, 5.41) is 3.38. The molecule has 0 spiro atoms. The first-order valence-corrected chi connectivity index (χ1v) is 7.26. The van der Waals surface area contributed by atoms with Gasteiger partial charge in [-0.05, 0) is 38.0 Å². The van der Waals surface area contributed by atoms with Crippen molar-refractivity contribution >= 4 is 5.91 Å². The van der Waals surface area contributed by atoms with Crippen LogP contribution in [0.2, 0.25) is 0 Å². The number of nitrogens with one attached hydrogen (secondary N) is 1. The zero-order valence-electron chi connectivity index (χ0n) is 11.2. The smallest absolute Gasteiger partial charge is 0.241 e. The quantitative estimate of drug-likeness (QED) is 0.816. The summed E-state index contributed by atoms with van der Waals surface area (Å²) in [7, 11) is 0. The molecule has 1 heterocycles. The summed E-state index contributed by atoms with van der Waals surface area (Å²) in [6.45, 7) is 5.29. The SMILES string of the molecule is CCCCC1NCN(C2CCC(C)CC2)C1=O. The van der Waals surface area contributed by atoms with Crippen LogP contribution < -0.4 is 5.32 Å². The van der Waals surface area contributed by atoms with Gasteiger partial charge in [0.2, 0.25) is 5.91 Å². The average Bonchev–Trinajstić information content (AvgIpc) is 2.69. The lowest BCUT2D eigenvalue weighted by atomic mass is 9.86. The van der Waals surface area contributed by atoms with Crippen LogP contribution in [-0.4, -0.2) is 29.6 Å². The standard InChI is InChI=1S/C14H26N2O/c1-3-4-5-13-14(17)16(10-15-13)12-8-6-11(2)7-9-12/h11-13,15H,3-10H2,1-2H3. The molecular formula is C14H26N2O. The Labute approximate surface area is 105 Å². The molecule has 2 rings (SSSR count). The summed E-state index contributed by atoms with van der Waals surface area (Å²) in [5.41, 5.74) is 0.